The Labute approximate surface area is 125 Å². The molecule has 0 aromatic heterocycles. The number of rotatable bonds is 4. The van der Waals surface area contributed by atoms with E-state index in [0.29, 0.717) is 0 Å². The summed E-state index contributed by atoms with van der Waals surface area (Å²) in [6.45, 7) is 0. The Hall–Kier alpha value is -1.16. The van der Waals surface area contributed by atoms with Crippen LogP contribution < -0.4 is 0 Å². The molecule has 1 aliphatic rings. The Kier molecular flexibility index (Phi) is 5.23. The molecule has 1 fully saturated rings. The second-order valence-corrected chi connectivity index (χ2v) is 5.34. The lowest BCUT2D eigenvalue weighted by Crippen LogP contribution is -2.63. The molecule has 1 aliphatic carbocycles. The average Bonchev–Trinajstić information content (AvgIpc) is 2.44. The van der Waals surface area contributed by atoms with E-state index in [-0.39, 0.29) is 12.8 Å². The fourth-order valence-corrected chi connectivity index (χ4v) is 2.50. The van der Waals surface area contributed by atoms with Crippen LogP contribution in [0, 0.1) is 11.8 Å². The van der Waals surface area contributed by atoms with Gasteiger partial charge >= 0.3 is 29.9 Å². The van der Waals surface area contributed by atoms with Crippen molar-refractivity contribution in [1.29, 1.82) is 0 Å². The third kappa shape index (κ3) is 3.23. The Morgan fingerprint density at radius 1 is 0.826 bits per heavy atom. The van der Waals surface area contributed by atoms with Gasteiger partial charge in [-0.2, -0.15) is 39.5 Å². The van der Waals surface area contributed by atoms with Crippen molar-refractivity contribution in [3.63, 3.8) is 0 Å². The van der Waals surface area contributed by atoms with E-state index in [9.17, 15) is 44.3 Å². The molecule has 0 saturated heterocycles. The number of alkyl halides is 9. The molecule has 0 unspecified atom stereocenters. The smallest absolute Gasteiger partial charge is 0.460 e. The lowest BCUT2D eigenvalue weighted by atomic mass is 9.76. The molecule has 0 radical (unpaired) electrons. The van der Waals surface area contributed by atoms with E-state index in [1.807, 2.05) is 0 Å². The topological polar surface area (TPSA) is 26.3 Å². The quantitative estimate of drug-likeness (QED) is 0.548. The maximum atomic E-state index is 13.7. The third-order valence-corrected chi connectivity index (χ3v) is 3.94. The van der Waals surface area contributed by atoms with Crippen LogP contribution in [0.1, 0.15) is 25.7 Å². The minimum absolute atomic E-state index is 0.361. The first kappa shape index (κ1) is 19.9. The summed E-state index contributed by atoms with van der Waals surface area (Å²) in [4.78, 5) is 11.2. The first-order chi connectivity index (χ1) is 10.2. The van der Waals surface area contributed by atoms with Crippen LogP contribution >= 0.6 is 0 Å². The summed E-state index contributed by atoms with van der Waals surface area (Å²) in [5.41, 5.74) is 0. The van der Waals surface area contributed by atoms with E-state index in [0.717, 1.165) is 7.11 Å². The molecule has 0 amide bonds. The van der Waals surface area contributed by atoms with Gasteiger partial charge < -0.3 is 4.74 Å². The number of methoxy groups -OCH3 is 1. The molecule has 2 nitrogen and oxygen atoms in total. The second kappa shape index (κ2) is 6.04. The Balaban J connectivity index is 2.97. The molecule has 1 rings (SSSR count). The first-order valence-electron chi connectivity index (χ1n) is 6.48. The van der Waals surface area contributed by atoms with Gasteiger partial charge in [-0.3, -0.25) is 4.79 Å². The van der Waals surface area contributed by atoms with Crippen molar-refractivity contribution < 1.29 is 49.0 Å². The van der Waals surface area contributed by atoms with E-state index < -0.39 is 54.6 Å². The predicted octanol–water partition coefficient (Wildman–Crippen LogP) is 4.43. The van der Waals surface area contributed by atoms with Crippen molar-refractivity contribution in [3.05, 3.63) is 0 Å². The lowest BCUT2D eigenvalue weighted by molar-refractivity contribution is -0.404. The summed E-state index contributed by atoms with van der Waals surface area (Å²) in [7, 11) is 1.01. The van der Waals surface area contributed by atoms with Gasteiger partial charge in [0, 0.05) is 5.92 Å². The van der Waals surface area contributed by atoms with Gasteiger partial charge in [0.25, 0.3) is 0 Å². The Morgan fingerprint density at radius 3 is 1.61 bits per heavy atom. The lowest BCUT2D eigenvalue weighted by Gasteiger charge is -2.39. The molecule has 0 aliphatic heterocycles. The van der Waals surface area contributed by atoms with Crippen LogP contribution in [0.5, 0.6) is 0 Å². The SMILES string of the molecule is COC(=O)C1CCC(C(F)(F)C(F)(F)C(F)(F)C(F)(F)F)CC1. The van der Waals surface area contributed by atoms with E-state index >= 15 is 0 Å². The van der Waals surface area contributed by atoms with E-state index in [2.05, 4.69) is 4.74 Å². The van der Waals surface area contributed by atoms with Gasteiger partial charge in [-0.1, -0.05) is 0 Å². The Morgan fingerprint density at radius 2 is 1.26 bits per heavy atom. The molecule has 0 spiro atoms. The van der Waals surface area contributed by atoms with Gasteiger partial charge in [-0.15, -0.1) is 0 Å². The van der Waals surface area contributed by atoms with Crippen LogP contribution in [0.4, 0.5) is 39.5 Å². The van der Waals surface area contributed by atoms with Gasteiger partial charge in [0.15, 0.2) is 0 Å². The molecular formula is C12H13F9O2. The number of hydrogen-bond donors (Lipinski definition) is 0. The summed E-state index contributed by atoms with van der Waals surface area (Å²) in [6.07, 6.45) is -9.13. The molecular weight excluding hydrogens is 347 g/mol. The summed E-state index contributed by atoms with van der Waals surface area (Å²) in [6, 6.07) is 0. The van der Waals surface area contributed by atoms with Gasteiger partial charge in [0.2, 0.25) is 0 Å². The largest absolute Gasteiger partial charge is 0.469 e. The fraction of sp³-hybridized carbons (Fsp3) is 0.917. The zero-order valence-electron chi connectivity index (χ0n) is 11.7. The standard InChI is InChI=1S/C12H13F9O2/c1-23-8(22)6-2-4-7(5-3-6)9(13,14)10(15,16)11(17,18)12(19,20)21/h6-7H,2-5H2,1H3. The molecule has 1 saturated carbocycles. The van der Waals surface area contributed by atoms with Crippen molar-refractivity contribution in [2.24, 2.45) is 11.8 Å². The molecule has 0 atom stereocenters. The molecule has 0 heterocycles. The van der Waals surface area contributed by atoms with Crippen molar-refractivity contribution >= 4 is 5.97 Å². The molecule has 0 N–H and O–H groups in total. The Bertz CT molecular complexity index is 436. The van der Waals surface area contributed by atoms with Crippen molar-refractivity contribution in [2.45, 2.75) is 49.6 Å². The van der Waals surface area contributed by atoms with E-state index in [1.54, 1.807) is 0 Å². The summed E-state index contributed by atoms with van der Waals surface area (Å²) in [5, 5.41) is 0. The van der Waals surface area contributed by atoms with Gasteiger partial charge in [0.1, 0.15) is 0 Å². The number of esters is 1. The van der Waals surface area contributed by atoms with Crippen LogP contribution in [0.15, 0.2) is 0 Å². The van der Waals surface area contributed by atoms with Gasteiger partial charge in [0.05, 0.1) is 13.0 Å². The highest BCUT2D eigenvalue weighted by Crippen LogP contribution is 2.57. The summed E-state index contributed by atoms with van der Waals surface area (Å²) >= 11 is 0. The maximum Gasteiger partial charge on any atom is 0.460 e. The van der Waals surface area contributed by atoms with Crippen molar-refractivity contribution in [1.82, 2.24) is 0 Å². The van der Waals surface area contributed by atoms with Crippen molar-refractivity contribution in [2.75, 3.05) is 7.11 Å². The van der Waals surface area contributed by atoms with Gasteiger partial charge in [-0.25, -0.2) is 0 Å². The predicted molar refractivity (Wildman–Crippen MR) is 58.4 cm³/mol. The normalized spacial score (nSPS) is 24.4. The van der Waals surface area contributed by atoms with E-state index in [1.165, 1.54) is 0 Å². The number of carbonyl (C=O) groups excluding carboxylic acids is 1. The van der Waals surface area contributed by atoms with Crippen LogP contribution in [0.25, 0.3) is 0 Å². The molecule has 0 bridgehead atoms. The zero-order chi connectivity index (χ0) is 18.3. The third-order valence-electron chi connectivity index (χ3n) is 3.94. The highest BCUT2D eigenvalue weighted by atomic mass is 19.4. The van der Waals surface area contributed by atoms with Crippen LogP contribution in [0.2, 0.25) is 0 Å². The van der Waals surface area contributed by atoms with Crippen LogP contribution in [0.3, 0.4) is 0 Å². The highest BCUT2D eigenvalue weighted by Gasteiger charge is 2.82. The van der Waals surface area contributed by atoms with Gasteiger partial charge in [-0.05, 0) is 25.7 Å². The number of ether oxygens (including phenoxy) is 1. The molecule has 0 aromatic carbocycles. The maximum absolute atomic E-state index is 13.7. The average molecular weight is 360 g/mol. The highest BCUT2D eigenvalue weighted by molar-refractivity contribution is 5.72. The fourth-order valence-electron chi connectivity index (χ4n) is 2.50. The second-order valence-electron chi connectivity index (χ2n) is 5.34. The minimum Gasteiger partial charge on any atom is -0.469 e. The molecule has 23 heavy (non-hydrogen) atoms. The minimum atomic E-state index is -6.87. The molecule has 11 heteroatoms. The number of halogens is 9. The first-order valence-corrected chi connectivity index (χ1v) is 6.48. The summed E-state index contributed by atoms with van der Waals surface area (Å²) < 4.78 is 120. The number of hydrogen-bond acceptors (Lipinski definition) is 2. The van der Waals surface area contributed by atoms with Crippen LogP contribution in [-0.4, -0.2) is 37.0 Å². The summed E-state index contributed by atoms with van der Waals surface area (Å²) in [5.74, 6) is -23.1. The molecule has 136 valence electrons. The zero-order valence-corrected chi connectivity index (χ0v) is 11.7. The molecule has 0 aromatic rings. The van der Waals surface area contributed by atoms with Crippen LogP contribution in [-0.2, 0) is 9.53 Å². The van der Waals surface area contributed by atoms with E-state index in [4.69, 9.17) is 0 Å². The number of carbonyl (C=O) groups is 1. The monoisotopic (exact) mass is 360 g/mol. The van der Waals surface area contributed by atoms with Crippen molar-refractivity contribution in [3.8, 4) is 0 Å².